The number of nitrogens with one attached hydrogen (secondary N) is 2. The van der Waals surface area contributed by atoms with Crippen LogP contribution in [0, 0.1) is 5.92 Å². The lowest BCUT2D eigenvalue weighted by atomic mass is 10.1. The summed E-state index contributed by atoms with van der Waals surface area (Å²) in [6.07, 6.45) is 2.91. The zero-order chi connectivity index (χ0) is 18.7. The minimum atomic E-state index is -0.643. The largest absolute Gasteiger partial charge is 0.494 e. The Balaban J connectivity index is 2.41. The van der Waals surface area contributed by atoms with Gasteiger partial charge in [-0.3, -0.25) is 20.4 Å². The normalized spacial score (nSPS) is 10.6. The maximum absolute atomic E-state index is 11.9. The molecule has 0 aromatic heterocycles. The lowest BCUT2D eigenvalue weighted by molar-refractivity contribution is -0.137. The second-order valence-corrected chi connectivity index (χ2v) is 5.58. The number of hydrazine groups is 1. The minimum Gasteiger partial charge on any atom is -0.494 e. The number of esters is 1. The number of hydrogen-bond donors (Lipinski definition) is 2. The van der Waals surface area contributed by atoms with E-state index in [1.165, 1.54) is 0 Å². The van der Waals surface area contributed by atoms with E-state index >= 15 is 0 Å². The standard InChI is InChI=1S/C18H24N2O5/c1-4-24-17(22)10-9-16(21)19-20-18(23)14-5-7-15(8-6-14)25-12-11-13(2)3/h5-10,13H,4,11-12H2,1-3H3,(H,19,21)(H,20,23)/b10-9+. The van der Waals surface area contributed by atoms with Crippen molar-refractivity contribution in [3.8, 4) is 5.75 Å². The maximum Gasteiger partial charge on any atom is 0.330 e. The van der Waals surface area contributed by atoms with Crippen LogP contribution in [0.2, 0.25) is 0 Å². The van der Waals surface area contributed by atoms with Crippen LogP contribution in [0.5, 0.6) is 5.75 Å². The fourth-order valence-electron chi connectivity index (χ4n) is 1.68. The summed E-state index contributed by atoms with van der Waals surface area (Å²) in [7, 11) is 0. The van der Waals surface area contributed by atoms with E-state index in [1.807, 2.05) is 0 Å². The Kier molecular flexibility index (Phi) is 8.78. The molecule has 1 aromatic rings. The number of benzene rings is 1. The van der Waals surface area contributed by atoms with Gasteiger partial charge in [-0.2, -0.15) is 0 Å². The lowest BCUT2D eigenvalue weighted by Crippen LogP contribution is -2.40. The second-order valence-electron chi connectivity index (χ2n) is 5.58. The first kappa shape index (κ1) is 20.2. The molecular weight excluding hydrogens is 324 g/mol. The predicted molar refractivity (Wildman–Crippen MR) is 92.8 cm³/mol. The average Bonchev–Trinajstić information content (AvgIpc) is 2.58. The fourth-order valence-corrected chi connectivity index (χ4v) is 1.68. The smallest absolute Gasteiger partial charge is 0.330 e. The van der Waals surface area contributed by atoms with Crippen LogP contribution in [0.4, 0.5) is 0 Å². The van der Waals surface area contributed by atoms with Crippen LogP contribution in [0.1, 0.15) is 37.6 Å². The van der Waals surface area contributed by atoms with Crippen molar-refractivity contribution in [2.75, 3.05) is 13.2 Å². The van der Waals surface area contributed by atoms with E-state index in [0.717, 1.165) is 18.6 Å². The first-order chi connectivity index (χ1) is 11.9. The molecule has 25 heavy (non-hydrogen) atoms. The monoisotopic (exact) mass is 348 g/mol. The van der Waals surface area contributed by atoms with Crippen LogP contribution in [0.15, 0.2) is 36.4 Å². The van der Waals surface area contributed by atoms with Gasteiger partial charge in [0.25, 0.3) is 11.8 Å². The first-order valence-corrected chi connectivity index (χ1v) is 8.10. The molecule has 0 aliphatic rings. The van der Waals surface area contributed by atoms with Crippen LogP contribution >= 0.6 is 0 Å². The topological polar surface area (TPSA) is 93.7 Å². The van der Waals surface area contributed by atoms with Gasteiger partial charge in [-0.25, -0.2) is 4.79 Å². The van der Waals surface area contributed by atoms with Gasteiger partial charge in [0.2, 0.25) is 0 Å². The quantitative estimate of drug-likeness (QED) is 0.426. The Labute approximate surface area is 147 Å². The van der Waals surface area contributed by atoms with Gasteiger partial charge in [0.05, 0.1) is 13.2 Å². The van der Waals surface area contributed by atoms with Gasteiger partial charge < -0.3 is 9.47 Å². The average molecular weight is 348 g/mol. The zero-order valence-corrected chi connectivity index (χ0v) is 14.7. The van der Waals surface area contributed by atoms with Crippen molar-refractivity contribution in [1.82, 2.24) is 10.9 Å². The molecule has 0 radical (unpaired) electrons. The highest BCUT2D eigenvalue weighted by atomic mass is 16.5. The molecule has 0 fully saturated rings. The minimum absolute atomic E-state index is 0.221. The van der Waals surface area contributed by atoms with Gasteiger partial charge in [-0.1, -0.05) is 13.8 Å². The third-order valence-corrected chi connectivity index (χ3v) is 3.04. The van der Waals surface area contributed by atoms with Crippen molar-refractivity contribution < 1.29 is 23.9 Å². The van der Waals surface area contributed by atoms with Gasteiger partial charge in [0.15, 0.2) is 0 Å². The van der Waals surface area contributed by atoms with E-state index in [2.05, 4.69) is 29.4 Å². The molecule has 2 amide bonds. The molecule has 0 aliphatic heterocycles. The third kappa shape index (κ3) is 8.55. The Morgan fingerprint density at radius 2 is 1.76 bits per heavy atom. The molecule has 0 aliphatic carbocycles. The summed E-state index contributed by atoms with van der Waals surface area (Å²) in [5, 5.41) is 0. The highest BCUT2D eigenvalue weighted by molar-refractivity contribution is 5.98. The van der Waals surface area contributed by atoms with Crippen molar-refractivity contribution in [3.05, 3.63) is 42.0 Å². The van der Waals surface area contributed by atoms with E-state index in [1.54, 1.807) is 31.2 Å². The summed E-state index contributed by atoms with van der Waals surface area (Å²) in [5.74, 6) is -0.510. The molecule has 0 atom stereocenters. The van der Waals surface area contributed by atoms with Gasteiger partial charge in [-0.05, 0) is 43.5 Å². The third-order valence-electron chi connectivity index (χ3n) is 3.04. The summed E-state index contributed by atoms with van der Waals surface area (Å²) in [6, 6.07) is 6.58. The molecule has 1 rings (SSSR count). The molecular formula is C18H24N2O5. The molecule has 0 saturated carbocycles. The zero-order valence-electron chi connectivity index (χ0n) is 14.7. The van der Waals surface area contributed by atoms with Crippen molar-refractivity contribution >= 4 is 17.8 Å². The highest BCUT2D eigenvalue weighted by Crippen LogP contribution is 2.13. The number of hydrogen-bond acceptors (Lipinski definition) is 5. The molecule has 0 heterocycles. The molecule has 0 spiro atoms. The van der Waals surface area contributed by atoms with Crippen molar-refractivity contribution in [2.24, 2.45) is 5.92 Å². The molecule has 0 unspecified atom stereocenters. The second kappa shape index (κ2) is 10.9. The molecule has 2 N–H and O–H groups in total. The van der Waals surface area contributed by atoms with E-state index < -0.39 is 17.8 Å². The number of carbonyl (C=O) groups is 3. The van der Waals surface area contributed by atoms with Crippen LogP contribution in [-0.4, -0.2) is 31.0 Å². The maximum atomic E-state index is 11.9. The molecule has 136 valence electrons. The summed E-state index contributed by atoms with van der Waals surface area (Å²) in [4.78, 5) is 34.5. The van der Waals surface area contributed by atoms with Crippen LogP contribution in [-0.2, 0) is 14.3 Å². The van der Waals surface area contributed by atoms with Gasteiger partial charge in [-0.15, -0.1) is 0 Å². The summed E-state index contributed by atoms with van der Waals surface area (Å²) in [5.41, 5.74) is 4.79. The first-order valence-electron chi connectivity index (χ1n) is 8.10. The van der Waals surface area contributed by atoms with Gasteiger partial charge in [0.1, 0.15) is 5.75 Å². The Hall–Kier alpha value is -2.83. The fraction of sp³-hybridized carbons (Fsp3) is 0.389. The molecule has 0 saturated heterocycles. The van der Waals surface area contributed by atoms with Crippen molar-refractivity contribution in [1.29, 1.82) is 0 Å². The van der Waals surface area contributed by atoms with Crippen LogP contribution in [0.3, 0.4) is 0 Å². The summed E-state index contributed by atoms with van der Waals surface area (Å²) >= 11 is 0. The number of ether oxygens (including phenoxy) is 2. The number of carbonyl (C=O) groups excluding carboxylic acids is 3. The summed E-state index contributed by atoms with van der Waals surface area (Å²) < 4.78 is 10.2. The van der Waals surface area contributed by atoms with Crippen molar-refractivity contribution in [2.45, 2.75) is 27.2 Å². The summed E-state index contributed by atoms with van der Waals surface area (Å²) in [6.45, 7) is 6.73. The molecule has 1 aromatic carbocycles. The SMILES string of the molecule is CCOC(=O)/C=C/C(=O)NNC(=O)c1ccc(OCCC(C)C)cc1. The molecule has 7 heteroatoms. The van der Waals surface area contributed by atoms with E-state index in [4.69, 9.17) is 4.74 Å². The van der Waals surface area contributed by atoms with E-state index in [9.17, 15) is 14.4 Å². The lowest BCUT2D eigenvalue weighted by Gasteiger charge is -2.09. The molecule has 0 bridgehead atoms. The van der Waals surface area contributed by atoms with E-state index in [0.29, 0.717) is 23.8 Å². The Morgan fingerprint density at radius 3 is 2.36 bits per heavy atom. The van der Waals surface area contributed by atoms with E-state index in [-0.39, 0.29) is 6.61 Å². The predicted octanol–water partition coefficient (Wildman–Crippen LogP) is 1.99. The Bertz CT molecular complexity index is 608. The number of amides is 2. The van der Waals surface area contributed by atoms with Gasteiger partial charge in [0, 0.05) is 17.7 Å². The van der Waals surface area contributed by atoms with Crippen LogP contribution in [0.25, 0.3) is 0 Å². The van der Waals surface area contributed by atoms with Crippen LogP contribution < -0.4 is 15.6 Å². The van der Waals surface area contributed by atoms with Gasteiger partial charge >= 0.3 is 5.97 Å². The van der Waals surface area contributed by atoms with Crippen molar-refractivity contribution in [3.63, 3.8) is 0 Å². The number of rotatable bonds is 8. The Morgan fingerprint density at radius 1 is 1.08 bits per heavy atom. The highest BCUT2D eigenvalue weighted by Gasteiger charge is 2.07. The molecule has 7 nitrogen and oxygen atoms in total.